The molecule has 0 atom stereocenters. The van der Waals surface area contributed by atoms with Crippen LogP contribution in [0.4, 0.5) is 0 Å². The molecule has 0 N–H and O–H groups in total. The molecule has 2 aromatic carbocycles. The van der Waals surface area contributed by atoms with Crippen molar-refractivity contribution in [2.45, 2.75) is 13.5 Å². The molecule has 1 heterocycles. The number of aromatic nitrogens is 2. The number of hydrogen-bond donors (Lipinski definition) is 0. The van der Waals surface area contributed by atoms with Crippen molar-refractivity contribution in [1.82, 2.24) is 9.55 Å². The average Bonchev–Trinajstić information content (AvgIpc) is 2.73. The van der Waals surface area contributed by atoms with Gasteiger partial charge >= 0.3 is 12.0 Å². The molecule has 7 heteroatoms. The van der Waals surface area contributed by atoms with Crippen LogP contribution in [-0.4, -0.2) is 22.1 Å². The number of benzene rings is 2. The summed E-state index contributed by atoms with van der Waals surface area (Å²) < 4.78 is 11.9. The molecule has 0 unspecified atom stereocenters. The second-order valence-corrected chi connectivity index (χ2v) is 5.75. The topological polar surface area (TPSA) is 94.2 Å². The molecule has 28 heavy (non-hydrogen) atoms. The summed E-state index contributed by atoms with van der Waals surface area (Å²) in [7, 11) is 0. The minimum absolute atomic E-state index is 0.0339. The van der Waals surface area contributed by atoms with Gasteiger partial charge in [-0.15, -0.1) is 0 Å². The highest BCUT2D eigenvalue weighted by Gasteiger charge is 2.19. The van der Waals surface area contributed by atoms with E-state index >= 15 is 0 Å². The van der Waals surface area contributed by atoms with Crippen LogP contribution in [0.15, 0.2) is 65.6 Å². The van der Waals surface area contributed by atoms with Crippen LogP contribution in [-0.2, 0) is 11.3 Å². The third kappa shape index (κ3) is 4.07. The summed E-state index contributed by atoms with van der Waals surface area (Å²) in [6.07, 6.45) is 1.15. The van der Waals surface area contributed by atoms with Crippen LogP contribution < -0.4 is 10.3 Å². The van der Waals surface area contributed by atoms with E-state index in [1.807, 2.05) is 6.07 Å². The first kappa shape index (κ1) is 18.9. The third-order valence-corrected chi connectivity index (χ3v) is 3.86. The molecular weight excluding hydrogens is 358 g/mol. The Morgan fingerprint density at radius 2 is 1.96 bits per heavy atom. The van der Waals surface area contributed by atoms with Gasteiger partial charge in [-0.25, -0.2) is 14.3 Å². The lowest BCUT2D eigenvalue weighted by Crippen LogP contribution is -2.28. The minimum Gasteiger partial charge on any atom is -0.462 e. The molecule has 0 aliphatic rings. The van der Waals surface area contributed by atoms with Gasteiger partial charge in [-0.05, 0) is 36.8 Å². The fourth-order valence-electron chi connectivity index (χ4n) is 2.57. The number of nitrogens with zero attached hydrogens (tertiary/aromatic N) is 3. The first-order valence-electron chi connectivity index (χ1n) is 8.60. The first-order chi connectivity index (χ1) is 13.6. The van der Waals surface area contributed by atoms with E-state index in [0.29, 0.717) is 11.3 Å². The summed E-state index contributed by atoms with van der Waals surface area (Å²) in [4.78, 5) is 29.1. The van der Waals surface area contributed by atoms with E-state index < -0.39 is 11.5 Å². The van der Waals surface area contributed by atoms with E-state index in [-0.39, 0.29) is 24.8 Å². The maximum atomic E-state index is 12.9. The number of hydrogen-bond acceptors (Lipinski definition) is 6. The normalized spacial score (nSPS) is 10.1. The summed E-state index contributed by atoms with van der Waals surface area (Å²) in [5, 5.41) is 9.01. The van der Waals surface area contributed by atoms with Gasteiger partial charge in [0.25, 0.3) is 5.56 Å². The zero-order valence-electron chi connectivity index (χ0n) is 15.2. The van der Waals surface area contributed by atoms with Crippen LogP contribution in [0.2, 0.25) is 0 Å². The van der Waals surface area contributed by atoms with Gasteiger partial charge < -0.3 is 9.47 Å². The quantitative estimate of drug-likeness (QED) is 0.615. The van der Waals surface area contributed by atoms with Crippen LogP contribution in [0.1, 0.15) is 28.4 Å². The number of esters is 1. The molecule has 3 aromatic rings. The smallest absolute Gasteiger partial charge is 0.345 e. The predicted octanol–water partition coefficient (Wildman–Crippen LogP) is 2.86. The Balaban J connectivity index is 2.00. The van der Waals surface area contributed by atoms with Crippen LogP contribution in [0.25, 0.3) is 5.69 Å². The van der Waals surface area contributed by atoms with E-state index in [1.165, 1.54) is 4.57 Å². The van der Waals surface area contributed by atoms with E-state index in [4.69, 9.17) is 14.7 Å². The van der Waals surface area contributed by atoms with E-state index in [2.05, 4.69) is 11.1 Å². The van der Waals surface area contributed by atoms with Crippen LogP contribution in [0.3, 0.4) is 0 Å². The predicted molar refractivity (Wildman–Crippen MR) is 101 cm³/mol. The highest BCUT2D eigenvalue weighted by Crippen LogP contribution is 2.16. The van der Waals surface area contributed by atoms with Gasteiger partial charge in [0.15, 0.2) is 0 Å². The number of carbonyl (C=O) groups excluding carboxylic acids is 1. The fraction of sp³-hybridized carbons (Fsp3) is 0.143. The molecule has 0 radical (unpaired) electrons. The lowest BCUT2D eigenvalue weighted by Gasteiger charge is -2.14. The molecule has 1 aromatic heterocycles. The Morgan fingerprint density at radius 3 is 2.68 bits per heavy atom. The van der Waals surface area contributed by atoms with Gasteiger partial charge in [0, 0.05) is 0 Å². The van der Waals surface area contributed by atoms with Crippen LogP contribution in [0, 0.1) is 11.3 Å². The molecule has 0 amide bonds. The molecule has 7 nitrogen and oxygen atoms in total. The Kier molecular flexibility index (Phi) is 5.82. The maximum Gasteiger partial charge on any atom is 0.345 e. The summed E-state index contributed by atoms with van der Waals surface area (Å²) in [5.74, 6) is -0.738. The lowest BCUT2D eigenvalue weighted by molar-refractivity contribution is 0.0523. The summed E-state index contributed by atoms with van der Waals surface area (Å²) in [6, 6.07) is 17.8. The largest absolute Gasteiger partial charge is 0.462 e. The van der Waals surface area contributed by atoms with Gasteiger partial charge in [0.2, 0.25) is 0 Å². The first-order valence-corrected chi connectivity index (χ1v) is 8.60. The molecule has 0 fully saturated rings. The number of carbonyl (C=O) groups is 1. The molecule has 0 aliphatic carbocycles. The molecular formula is C21H17N3O4. The van der Waals surface area contributed by atoms with Crippen LogP contribution in [0.5, 0.6) is 6.01 Å². The monoisotopic (exact) mass is 375 g/mol. The van der Waals surface area contributed by atoms with Crippen molar-refractivity contribution in [2.75, 3.05) is 6.61 Å². The van der Waals surface area contributed by atoms with Crippen molar-refractivity contribution in [3.8, 4) is 17.8 Å². The zero-order chi connectivity index (χ0) is 19.9. The minimum atomic E-state index is -0.738. The standard InChI is InChI=1S/C21H17N3O4/c1-2-27-20(26)18-13-23-21(24(19(18)25)17-9-4-3-5-10-17)28-14-16-8-6-7-15(11-16)12-22/h3-11,13H,2,14H2,1H3. The lowest BCUT2D eigenvalue weighted by atomic mass is 10.1. The van der Waals surface area contributed by atoms with Crippen molar-refractivity contribution >= 4 is 5.97 Å². The van der Waals surface area contributed by atoms with Crippen molar-refractivity contribution in [3.05, 3.63) is 87.8 Å². The number of nitriles is 1. The maximum absolute atomic E-state index is 12.9. The Bertz CT molecular complexity index is 1080. The van der Waals surface area contributed by atoms with E-state index in [9.17, 15) is 9.59 Å². The van der Waals surface area contributed by atoms with Crippen molar-refractivity contribution in [1.29, 1.82) is 5.26 Å². The average molecular weight is 375 g/mol. The molecule has 0 aliphatic heterocycles. The summed E-state index contributed by atoms with van der Waals surface area (Å²) in [5.41, 5.74) is 1.01. The van der Waals surface area contributed by atoms with E-state index in [0.717, 1.165) is 11.8 Å². The van der Waals surface area contributed by atoms with E-state index in [1.54, 1.807) is 55.5 Å². The SMILES string of the molecule is CCOC(=O)c1cnc(OCc2cccc(C#N)c2)n(-c2ccccc2)c1=O. The highest BCUT2D eigenvalue weighted by molar-refractivity contribution is 5.88. The second-order valence-electron chi connectivity index (χ2n) is 5.75. The fourth-order valence-corrected chi connectivity index (χ4v) is 2.57. The zero-order valence-corrected chi connectivity index (χ0v) is 15.2. The number of rotatable bonds is 6. The van der Waals surface area contributed by atoms with Gasteiger partial charge in [0.05, 0.1) is 30.1 Å². The molecule has 0 bridgehead atoms. The van der Waals surface area contributed by atoms with Gasteiger partial charge in [0.1, 0.15) is 12.2 Å². The molecule has 3 rings (SSSR count). The molecule has 0 saturated heterocycles. The second kappa shape index (κ2) is 8.64. The van der Waals surface area contributed by atoms with Crippen LogP contribution >= 0.6 is 0 Å². The number of para-hydroxylation sites is 1. The van der Waals surface area contributed by atoms with Crippen molar-refractivity contribution < 1.29 is 14.3 Å². The molecule has 140 valence electrons. The Labute approximate surface area is 161 Å². The van der Waals surface area contributed by atoms with Gasteiger partial charge in [-0.2, -0.15) is 5.26 Å². The highest BCUT2D eigenvalue weighted by atomic mass is 16.5. The van der Waals surface area contributed by atoms with Crippen molar-refractivity contribution in [3.63, 3.8) is 0 Å². The number of ether oxygens (including phenoxy) is 2. The third-order valence-electron chi connectivity index (χ3n) is 3.86. The van der Waals surface area contributed by atoms with Gasteiger partial charge in [-0.1, -0.05) is 30.3 Å². The van der Waals surface area contributed by atoms with Gasteiger partial charge in [-0.3, -0.25) is 4.79 Å². The summed E-state index contributed by atoms with van der Waals surface area (Å²) >= 11 is 0. The summed E-state index contributed by atoms with van der Waals surface area (Å²) in [6.45, 7) is 1.92. The molecule has 0 saturated carbocycles. The Morgan fingerprint density at radius 1 is 1.18 bits per heavy atom. The Hall–Kier alpha value is -3.92. The van der Waals surface area contributed by atoms with Crippen molar-refractivity contribution in [2.24, 2.45) is 0 Å². The molecule has 0 spiro atoms.